The van der Waals surface area contributed by atoms with Gasteiger partial charge in [0.15, 0.2) is 0 Å². The fourth-order valence-corrected chi connectivity index (χ4v) is 4.18. The van der Waals surface area contributed by atoms with Crippen molar-refractivity contribution >= 4 is 28.1 Å². The molecule has 6 nitrogen and oxygen atoms in total. The normalized spacial score (nSPS) is 17.1. The van der Waals surface area contributed by atoms with Gasteiger partial charge >= 0.3 is 0 Å². The third-order valence-corrected chi connectivity index (χ3v) is 6.06. The van der Waals surface area contributed by atoms with E-state index >= 15 is 0 Å². The van der Waals surface area contributed by atoms with Gasteiger partial charge in [0.1, 0.15) is 0 Å². The van der Waals surface area contributed by atoms with E-state index in [0.717, 1.165) is 35.3 Å². The molecule has 4 rings (SSSR count). The Morgan fingerprint density at radius 1 is 1.15 bits per heavy atom. The first-order chi connectivity index (χ1) is 13.1. The first kappa shape index (κ1) is 17.7. The van der Waals surface area contributed by atoms with Crippen LogP contribution in [0.5, 0.6) is 0 Å². The van der Waals surface area contributed by atoms with Crippen LogP contribution in [-0.4, -0.2) is 33.8 Å². The number of aryl methyl sites for hydroxylation is 2. The highest BCUT2D eigenvalue weighted by Crippen LogP contribution is 2.28. The van der Waals surface area contributed by atoms with Crippen LogP contribution < -0.4 is 10.2 Å². The average molecular weight is 382 g/mol. The first-order valence-corrected chi connectivity index (χ1v) is 10.0. The van der Waals surface area contributed by atoms with Gasteiger partial charge in [-0.05, 0) is 62.1 Å². The summed E-state index contributed by atoms with van der Waals surface area (Å²) in [6.07, 6.45) is 5.79. The summed E-state index contributed by atoms with van der Waals surface area (Å²) in [5, 5.41) is 13.4. The van der Waals surface area contributed by atoms with E-state index in [0.29, 0.717) is 6.54 Å². The quantitative estimate of drug-likeness (QED) is 0.747. The second kappa shape index (κ2) is 7.52. The minimum atomic E-state index is -0.0423. The molecule has 7 heteroatoms. The Morgan fingerprint density at radius 3 is 2.70 bits per heavy atom. The fourth-order valence-electron chi connectivity index (χ4n) is 3.33. The van der Waals surface area contributed by atoms with Gasteiger partial charge in [-0.25, -0.2) is 0 Å². The summed E-state index contributed by atoms with van der Waals surface area (Å²) in [5.41, 5.74) is 3.28. The number of anilines is 2. The van der Waals surface area contributed by atoms with Crippen molar-refractivity contribution in [2.45, 2.75) is 26.7 Å². The molecule has 1 aromatic carbocycles. The van der Waals surface area contributed by atoms with E-state index in [2.05, 4.69) is 34.3 Å². The van der Waals surface area contributed by atoms with Crippen LogP contribution in [0.4, 0.5) is 10.8 Å². The van der Waals surface area contributed by atoms with Gasteiger partial charge < -0.3 is 10.2 Å². The van der Waals surface area contributed by atoms with Gasteiger partial charge in [0, 0.05) is 31.2 Å². The van der Waals surface area contributed by atoms with Crippen molar-refractivity contribution in [2.24, 2.45) is 5.92 Å². The van der Waals surface area contributed by atoms with Crippen molar-refractivity contribution in [3.8, 4) is 5.13 Å². The van der Waals surface area contributed by atoms with Crippen LogP contribution in [0.25, 0.3) is 5.13 Å². The van der Waals surface area contributed by atoms with E-state index in [4.69, 9.17) is 0 Å². The number of hydrogen-bond donors (Lipinski definition) is 1. The van der Waals surface area contributed by atoms with Gasteiger partial charge in [0.2, 0.25) is 16.2 Å². The largest absolute Gasteiger partial charge is 0.346 e. The maximum absolute atomic E-state index is 12.8. The predicted molar refractivity (Wildman–Crippen MR) is 109 cm³/mol. The molecule has 1 amide bonds. The molecule has 27 heavy (non-hydrogen) atoms. The average Bonchev–Trinajstić information content (AvgIpc) is 3.36. The molecule has 0 bridgehead atoms. The molecule has 1 atom stereocenters. The Kier molecular flexibility index (Phi) is 4.94. The molecule has 0 saturated carbocycles. The lowest BCUT2D eigenvalue weighted by Crippen LogP contribution is -2.40. The number of hydrogen-bond acceptors (Lipinski definition) is 5. The van der Waals surface area contributed by atoms with E-state index in [1.807, 2.05) is 47.3 Å². The van der Waals surface area contributed by atoms with E-state index < -0.39 is 0 Å². The minimum Gasteiger partial charge on any atom is -0.346 e. The van der Waals surface area contributed by atoms with Gasteiger partial charge in [0.05, 0.1) is 5.92 Å². The van der Waals surface area contributed by atoms with Crippen LogP contribution >= 0.6 is 11.3 Å². The summed E-state index contributed by atoms with van der Waals surface area (Å²) in [5.74, 6) is 0.0392. The lowest BCUT2D eigenvalue weighted by Gasteiger charge is -2.31. The third-order valence-electron chi connectivity index (χ3n) is 5.07. The molecule has 1 fully saturated rings. The Balaban J connectivity index is 1.43. The van der Waals surface area contributed by atoms with Crippen LogP contribution in [-0.2, 0) is 4.79 Å². The second-order valence-corrected chi connectivity index (χ2v) is 7.97. The number of benzene rings is 1. The molecule has 0 aliphatic carbocycles. The Morgan fingerprint density at radius 2 is 1.93 bits per heavy atom. The molecular formula is C20H23N5OS. The monoisotopic (exact) mass is 381 g/mol. The van der Waals surface area contributed by atoms with E-state index in [1.54, 1.807) is 11.3 Å². The topological polar surface area (TPSA) is 63.1 Å². The SMILES string of the molecule is Cc1ccc(NC(=O)[C@@H]2CCCN(c3nnc(-n4cccc4)s3)C2)cc1C. The molecule has 3 heterocycles. The molecule has 1 aliphatic rings. The fraction of sp³-hybridized carbons (Fsp3) is 0.350. The predicted octanol–water partition coefficient (Wildman–Crippen LogP) is 3.80. The Hall–Kier alpha value is -2.67. The number of carbonyl (C=O) groups excluding carboxylic acids is 1. The third kappa shape index (κ3) is 3.88. The zero-order valence-corrected chi connectivity index (χ0v) is 16.4. The molecule has 1 aliphatic heterocycles. The van der Waals surface area contributed by atoms with Gasteiger partial charge in [-0.2, -0.15) is 0 Å². The van der Waals surface area contributed by atoms with Crippen molar-refractivity contribution in [2.75, 3.05) is 23.3 Å². The van der Waals surface area contributed by atoms with Crippen molar-refractivity contribution in [1.29, 1.82) is 0 Å². The number of rotatable bonds is 4. The zero-order valence-electron chi connectivity index (χ0n) is 15.6. The van der Waals surface area contributed by atoms with Crippen LogP contribution in [0, 0.1) is 19.8 Å². The Bertz CT molecular complexity index is 934. The highest BCUT2D eigenvalue weighted by Gasteiger charge is 2.28. The van der Waals surface area contributed by atoms with Crippen LogP contribution in [0.1, 0.15) is 24.0 Å². The molecule has 1 saturated heterocycles. The number of amides is 1. The molecular weight excluding hydrogens is 358 g/mol. The van der Waals surface area contributed by atoms with Gasteiger partial charge in [-0.15, -0.1) is 10.2 Å². The molecule has 1 N–H and O–H groups in total. The van der Waals surface area contributed by atoms with E-state index in [1.165, 1.54) is 11.1 Å². The number of nitrogens with zero attached hydrogens (tertiary/aromatic N) is 4. The number of aromatic nitrogens is 3. The number of nitrogens with one attached hydrogen (secondary N) is 1. The van der Waals surface area contributed by atoms with Crippen molar-refractivity contribution in [3.63, 3.8) is 0 Å². The second-order valence-electron chi connectivity index (χ2n) is 7.03. The van der Waals surface area contributed by atoms with Crippen molar-refractivity contribution < 1.29 is 4.79 Å². The molecule has 140 valence electrons. The Labute approximate surface area is 162 Å². The van der Waals surface area contributed by atoms with Crippen molar-refractivity contribution in [1.82, 2.24) is 14.8 Å². The molecule has 2 aromatic heterocycles. The number of carbonyl (C=O) groups is 1. The maximum Gasteiger partial charge on any atom is 0.229 e. The van der Waals surface area contributed by atoms with Gasteiger partial charge in [0.25, 0.3) is 0 Å². The first-order valence-electron chi connectivity index (χ1n) is 9.20. The highest BCUT2D eigenvalue weighted by molar-refractivity contribution is 7.17. The van der Waals surface area contributed by atoms with Gasteiger partial charge in [-0.1, -0.05) is 17.4 Å². The standard InChI is InChI=1S/C20H23N5OS/c1-14-7-8-17(12-15(14)2)21-18(26)16-6-5-11-25(13-16)20-23-22-19(27-20)24-9-3-4-10-24/h3-4,7-10,12,16H,5-6,11,13H2,1-2H3,(H,21,26)/t16-/m1/s1. The van der Waals surface area contributed by atoms with Crippen molar-refractivity contribution in [3.05, 3.63) is 53.9 Å². The maximum atomic E-state index is 12.8. The lowest BCUT2D eigenvalue weighted by molar-refractivity contribution is -0.120. The lowest BCUT2D eigenvalue weighted by atomic mass is 9.97. The van der Waals surface area contributed by atoms with Gasteiger partial charge in [-0.3, -0.25) is 9.36 Å². The van der Waals surface area contributed by atoms with E-state index in [9.17, 15) is 4.79 Å². The van der Waals surface area contributed by atoms with Crippen LogP contribution in [0.15, 0.2) is 42.7 Å². The summed E-state index contributed by atoms with van der Waals surface area (Å²) < 4.78 is 1.95. The van der Waals surface area contributed by atoms with Crippen LogP contribution in [0.3, 0.4) is 0 Å². The number of piperidine rings is 1. The van der Waals surface area contributed by atoms with E-state index in [-0.39, 0.29) is 11.8 Å². The molecule has 0 unspecified atom stereocenters. The summed E-state index contributed by atoms with van der Waals surface area (Å²) in [4.78, 5) is 14.9. The smallest absolute Gasteiger partial charge is 0.229 e. The summed E-state index contributed by atoms with van der Waals surface area (Å²) in [6, 6.07) is 9.98. The summed E-state index contributed by atoms with van der Waals surface area (Å²) in [7, 11) is 0. The molecule has 3 aromatic rings. The molecule has 0 radical (unpaired) electrons. The van der Waals surface area contributed by atoms with Crippen LogP contribution in [0.2, 0.25) is 0 Å². The summed E-state index contributed by atoms with van der Waals surface area (Å²) >= 11 is 1.55. The summed E-state index contributed by atoms with van der Waals surface area (Å²) in [6.45, 7) is 5.72. The highest BCUT2D eigenvalue weighted by atomic mass is 32.1. The molecule has 0 spiro atoms. The zero-order chi connectivity index (χ0) is 18.8. The minimum absolute atomic E-state index is 0.0423.